The Hall–Kier alpha value is -2.02. The van der Waals surface area contributed by atoms with Crippen molar-refractivity contribution in [1.29, 1.82) is 0 Å². The van der Waals surface area contributed by atoms with Crippen LogP contribution in [0.2, 0.25) is 0 Å². The minimum absolute atomic E-state index is 0.0281. The van der Waals surface area contributed by atoms with Gasteiger partial charge in [-0.2, -0.15) is 4.98 Å². The number of nitrogens with zero attached hydrogens (tertiary/aromatic N) is 3. The van der Waals surface area contributed by atoms with Crippen LogP contribution in [0.1, 0.15) is 12.6 Å². The highest BCUT2D eigenvalue weighted by Gasteiger charge is 2.06. The number of hydrogen-bond donors (Lipinski definition) is 2. The molecule has 0 aliphatic carbocycles. The van der Waals surface area contributed by atoms with Crippen LogP contribution in [-0.4, -0.2) is 26.5 Å². The first kappa shape index (κ1) is 10.5. The van der Waals surface area contributed by atoms with Gasteiger partial charge in [-0.15, -0.1) is 0 Å². The number of hydrogen-bond acceptors (Lipinski definition) is 6. The van der Waals surface area contributed by atoms with Gasteiger partial charge in [-0.05, 0) is 6.92 Å². The third kappa shape index (κ3) is 1.98. The molecular weight excluding hydrogens is 210 g/mol. The second kappa shape index (κ2) is 4.23. The molecule has 84 valence electrons. The minimum atomic E-state index is -0.391. The van der Waals surface area contributed by atoms with Crippen molar-refractivity contribution in [2.24, 2.45) is 0 Å². The summed E-state index contributed by atoms with van der Waals surface area (Å²) >= 11 is 0. The first-order chi connectivity index (χ1) is 7.70. The molecule has 0 amide bonds. The van der Waals surface area contributed by atoms with E-state index in [4.69, 9.17) is 10.5 Å². The third-order valence-electron chi connectivity index (χ3n) is 1.94. The van der Waals surface area contributed by atoms with Crippen LogP contribution in [-0.2, 0) is 11.3 Å². The van der Waals surface area contributed by atoms with Gasteiger partial charge in [-0.3, -0.25) is 9.78 Å². The van der Waals surface area contributed by atoms with Gasteiger partial charge in [0, 0.05) is 6.61 Å². The van der Waals surface area contributed by atoms with E-state index in [0.717, 1.165) is 0 Å². The number of rotatable bonds is 3. The molecule has 0 spiro atoms. The Morgan fingerprint density at radius 2 is 2.31 bits per heavy atom. The smallest absolute Gasteiger partial charge is 0.280 e. The number of aromatic amines is 1. The number of anilines is 1. The Bertz CT molecular complexity index is 565. The average Bonchev–Trinajstić information content (AvgIpc) is 2.25. The SMILES string of the molecule is CCOCc1cnc2c(=O)[nH]c(N)nc2n1. The zero-order valence-corrected chi connectivity index (χ0v) is 8.73. The molecule has 0 aromatic carbocycles. The van der Waals surface area contributed by atoms with E-state index in [-0.39, 0.29) is 17.1 Å². The van der Waals surface area contributed by atoms with Crippen LogP contribution in [0, 0.1) is 0 Å². The summed E-state index contributed by atoms with van der Waals surface area (Å²) in [5.74, 6) is 0.0281. The van der Waals surface area contributed by atoms with Gasteiger partial charge in [0.2, 0.25) is 5.95 Å². The van der Waals surface area contributed by atoms with E-state index in [1.165, 1.54) is 6.20 Å². The molecule has 0 unspecified atom stereocenters. The molecule has 7 heteroatoms. The molecule has 0 aliphatic heterocycles. The highest BCUT2D eigenvalue weighted by atomic mass is 16.5. The summed E-state index contributed by atoms with van der Waals surface area (Å²) in [6.07, 6.45) is 1.49. The van der Waals surface area contributed by atoms with Gasteiger partial charge in [0.25, 0.3) is 5.56 Å². The zero-order chi connectivity index (χ0) is 11.5. The molecule has 7 nitrogen and oxygen atoms in total. The Labute approximate surface area is 90.7 Å². The van der Waals surface area contributed by atoms with Crippen LogP contribution < -0.4 is 11.3 Å². The van der Waals surface area contributed by atoms with Crippen LogP contribution in [0.15, 0.2) is 11.0 Å². The summed E-state index contributed by atoms with van der Waals surface area (Å²) in [6, 6.07) is 0. The molecule has 0 saturated heterocycles. The van der Waals surface area contributed by atoms with Crippen LogP contribution in [0.5, 0.6) is 0 Å². The van der Waals surface area contributed by atoms with Gasteiger partial charge in [-0.1, -0.05) is 0 Å². The Kier molecular flexibility index (Phi) is 2.78. The molecule has 0 saturated carbocycles. The van der Waals surface area contributed by atoms with Crippen molar-refractivity contribution >= 4 is 17.1 Å². The fourth-order valence-electron chi connectivity index (χ4n) is 1.25. The van der Waals surface area contributed by atoms with E-state index in [1.807, 2.05) is 6.92 Å². The normalized spacial score (nSPS) is 10.8. The lowest BCUT2D eigenvalue weighted by Crippen LogP contribution is -2.14. The molecular formula is C9H11N5O2. The summed E-state index contributed by atoms with van der Waals surface area (Å²) in [7, 11) is 0. The van der Waals surface area contributed by atoms with E-state index < -0.39 is 5.56 Å². The van der Waals surface area contributed by atoms with Gasteiger partial charge < -0.3 is 10.5 Å². The third-order valence-corrected chi connectivity index (χ3v) is 1.94. The second-order valence-corrected chi connectivity index (χ2v) is 3.12. The number of aromatic nitrogens is 4. The molecule has 2 aromatic rings. The summed E-state index contributed by atoms with van der Waals surface area (Å²) < 4.78 is 5.18. The second-order valence-electron chi connectivity index (χ2n) is 3.12. The van der Waals surface area contributed by atoms with Crippen molar-refractivity contribution < 1.29 is 4.74 Å². The molecule has 2 rings (SSSR count). The molecule has 2 heterocycles. The van der Waals surface area contributed by atoms with E-state index in [2.05, 4.69) is 19.9 Å². The van der Waals surface area contributed by atoms with Crippen molar-refractivity contribution in [1.82, 2.24) is 19.9 Å². The lowest BCUT2D eigenvalue weighted by atomic mass is 10.4. The standard InChI is InChI=1S/C9H11N5O2/c1-2-16-4-5-3-11-6-7(12-5)13-9(10)14-8(6)15/h3H,2,4H2,1H3,(H3,10,12,13,14,15). The highest BCUT2D eigenvalue weighted by Crippen LogP contribution is 2.03. The number of nitrogens with one attached hydrogen (secondary N) is 1. The lowest BCUT2D eigenvalue weighted by Gasteiger charge is -2.01. The number of nitrogens with two attached hydrogens (primary N) is 1. The Balaban J connectivity index is 2.49. The summed E-state index contributed by atoms with van der Waals surface area (Å²) in [5, 5.41) is 0. The van der Waals surface area contributed by atoms with Crippen LogP contribution in [0.25, 0.3) is 11.2 Å². The van der Waals surface area contributed by atoms with Crippen molar-refractivity contribution in [2.75, 3.05) is 12.3 Å². The van der Waals surface area contributed by atoms with Crippen molar-refractivity contribution in [3.63, 3.8) is 0 Å². The summed E-state index contributed by atoms with van der Waals surface area (Å²) in [6.45, 7) is 2.81. The monoisotopic (exact) mass is 221 g/mol. The van der Waals surface area contributed by atoms with Gasteiger partial charge in [0.05, 0.1) is 18.5 Å². The van der Waals surface area contributed by atoms with Gasteiger partial charge >= 0.3 is 0 Å². The van der Waals surface area contributed by atoms with Gasteiger partial charge in [0.1, 0.15) is 0 Å². The summed E-state index contributed by atoms with van der Waals surface area (Å²) in [4.78, 5) is 25.8. The van der Waals surface area contributed by atoms with Crippen molar-refractivity contribution in [2.45, 2.75) is 13.5 Å². The average molecular weight is 221 g/mol. The van der Waals surface area contributed by atoms with E-state index in [1.54, 1.807) is 0 Å². The molecule has 0 aliphatic rings. The predicted octanol–water partition coefficient (Wildman–Crippen LogP) is -0.168. The summed E-state index contributed by atoms with van der Waals surface area (Å²) in [5.41, 5.74) is 6.05. The molecule has 0 fully saturated rings. The largest absolute Gasteiger partial charge is 0.375 e. The predicted molar refractivity (Wildman–Crippen MR) is 57.7 cm³/mol. The molecule has 0 bridgehead atoms. The molecule has 2 aromatic heterocycles. The van der Waals surface area contributed by atoms with Crippen molar-refractivity contribution in [3.05, 3.63) is 22.2 Å². The Morgan fingerprint density at radius 3 is 3.06 bits per heavy atom. The molecule has 16 heavy (non-hydrogen) atoms. The van der Waals surface area contributed by atoms with E-state index >= 15 is 0 Å². The van der Waals surface area contributed by atoms with Gasteiger partial charge in [-0.25, -0.2) is 9.97 Å². The van der Waals surface area contributed by atoms with Gasteiger partial charge in [0.15, 0.2) is 11.2 Å². The Morgan fingerprint density at radius 1 is 1.50 bits per heavy atom. The quantitative estimate of drug-likeness (QED) is 0.745. The first-order valence-electron chi connectivity index (χ1n) is 4.80. The minimum Gasteiger partial charge on any atom is -0.375 e. The fraction of sp³-hybridized carbons (Fsp3) is 0.333. The maximum Gasteiger partial charge on any atom is 0.280 e. The zero-order valence-electron chi connectivity index (χ0n) is 8.73. The highest BCUT2D eigenvalue weighted by molar-refractivity contribution is 5.69. The topological polar surface area (TPSA) is 107 Å². The first-order valence-corrected chi connectivity index (χ1v) is 4.80. The van der Waals surface area contributed by atoms with E-state index in [9.17, 15) is 4.79 Å². The van der Waals surface area contributed by atoms with Crippen LogP contribution in [0.3, 0.4) is 0 Å². The number of nitrogen functional groups attached to an aromatic ring is 1. The van der Waals surface area contributed by atoms with Crippen molar-refractivity contribution in [3.8, 4) is 0 Å². The maximum atomic E-state index is 11.4. The molecule has 0 atom stereocenters. The maximum absolute atomic E-state index is 11.4. The number of ether oxygens (including phenoxy) is 1. The number of H-pyrrole nitrogens is 1. The fourth-order valence-corrected chi connectivity index (χ4v) is 1.25. The number of fused-ring (bicyclic) bond motifs is 1. The van der Waals surface area contributed by atoms with Crippen LogP contribution in [0.4, 0.5) is 5.95 Å². The van der Waals surface area contributed by atoms with E-state index in [0.29, 0.717) is 18.9 Å². The molecule has 3 N–H and O–H groups in total. The lowest BCUT2D eigenvalue weighted by molar-refractivity contribution is 0.131. The molecule has 0 radical (unpaired) electrons. The van der Waals surface area contributed by atoms with Crippen LogP contribution >= 0.6 is 0 Å².